The lowest BCUT2D eigenvalue weighted by molar-refractivity contribution is -0.128. The maximum absolute atomic E-state index is 11.5. The molecule has 5 nitrogen and oxygen atoms in total. The van der Waals surface area contributed by atoms with Gasteiger partial charge in [0.2, 0.25) is 5.91 Å². The second-order valence-electron chi connectivity index (χ2n) is 5.41. The molecule has 0 aliphatic carbocycles. The number of nitrogens with two attached hydrogens (primary N) is 1. The highest BCUT2D eigenvalue weighted by atomic mass is 16.2. The summed E-state index contributed by atoms with van der Waals surface area (Å²) in [4.78, 5) is 18.2. The van der Waals surface area contributed by atoms with Gasteiger partial charge in [0.15, 0.2) is 0 Å². The Kier molecular flexibility index (Phi) is 4.58. The van der Waals surface area contributed by atoms with Gasteiger partial charge >= 0.3 is 0 Å². The average Bonchev–Trinajstić information content (AvgIpc) is 2.39. The highest BCUT2D eigenvalue weighted by Crippen LogP contribution is 2.18. The Morgan fingerprint density at radius 3 is 2.63 bits per heavy atom. The Balaban J connectivity index is 2.13. The van der Waals surface area contributed by atoms with E-state index in [4.69, 9.17) is 10.7 Å². The molecule has 0 radical (unpaired) electrons. The third-order valence-electron chi connectivity index (χ3n) is 3.88. The molecule has 0 saturated carbocycles. The topological polar surface area (TPSA) is 70.7 Å². The number of rotatable bonds is 1. The van der Waals surface area contributed by atoms with Gasteiger partial charge in [-0.1, -0.05) is 0 Å². The molecule has 0 bridgehead atoms. The molecule has 3 N–H and O–H groups in total. The van der Waals surface area contributed by atoms with Crippen LogP contribution in [0.2, 0.25) is 0 Å². The molecule has 0 unspecified atom stereocenters. The van der Waals surface area contributed by atoms with Crippen molar-refractivity contribution in [3.8, 4) is 0 Å². The lowest BCUT2D eigenvalue weighted by atomic mass is 9.98. The van der Waals surface area contributed by atoms with Gasteiger partial charge in [-0.3, -0.25) is 9.79 Å². The third kappa shape index (κ3) is 3.56. The van der Waals surface area contributed by atoms with Crippen LogP contribution < -0.4 is 11.1 Å². The average molecular weight is 264 g/mol. The fourth-order valence-corrected chi connectivity index (χ4v) is 2.67. The first-order valence-electron chi connectivity index (χ1n) is 7.06. The van der Waals surface area contributed by atoms with Crippen LogP contribution in [0.1, 0.15) is 33.1 Å². The Bertz CT molecular complexity index is 404. The van der Waals surface area contributed by atoms with Crippen molar-refractivity contribution in [3.63, 3.8) is 0 Å². The largest absolute Gasteiger partial charge is 0.402 e. The van der Waals surface area contributed by atoms with Gasteiger partial charge in [0.05, 0.1) is 6.04 Å². The Labute approximate surface area is 114 Å². The van der Waals surface area contributed by atoms with Gasteiger partial charge in [-0.15, -0.1) is 0 Å². The second kappa shape index (κ2) is 6.19. The predicted molar refractivity (Wildman–Crippen MR) is 77.1 cm³/mol. The number of carbonyl (C=O) groups is 1. The quantitative estimate of drug-likeness (QED) is 0.731. The van der Waals surface area contributed by atoms with Gasteiger partial charge in [-0.2, -0.15) is 0 Å². The molecule has 106 valence electrons. The number of nitrogens with one attached hydrogen (secondary N) is 1. The van der Waals surface area contributed by atoms with E-state index < -0.39 is 0 Å². The number of carbonyl (C=O) groups excluding carboxylic acids is 1. The van der Waals surface area contributed by atoms with E-state index in [0.717, 1.165) is 55.9 Å². The highest BCUT2D eigenvalue weighted by molar-refractivity contribution is 6.02. The molecule has 0 aromatic rings. The van der Waals surface area contributed by atoms with Gasteiger partial charge < -0.3 is 16.0 Å². The number of hydrogen-bond donors (Lipinski definition) is 2. The summed E-state index contributed by atoms with van der Waals surface area (Å²) in [7, 11) is 0. The Morgan fingerprint density at radius 1 is 1.37 bits per heavy atom. The zero-order valence-corrected chi connectivity index (χ0v) is 11.9. The molecule has 2 aliphatic heterocycles. The smallest absolute Gasteiger partial charge is 0.219 e. The summed E-state index contributed by atoms with van der Waals surface area (Å²) in [5, 5.41) is 3.35. The molecular weight excluding hydrogens is 240 g/mol. The number of piperidine rings is 2. The summed E-state index contributed by atoms with van der Waals surface area (Å²) in [6, 6.07) is 0.412. The standard InChI is InChI=1S/C14H24N4O/c1-10(15)13-9-18(11(2)19)8-5-14(13)17-12-3-6-16-7-4-12/h12,16H,3-9,15H2,1-2H3/b13-10-,17-14?. The molecule has 2 heterocycles. The van der Waals surface area contributed by atoms with Crippen molar-refractivity contribution in [2.45, 2.75) is 39.2 Å². The van der Waals surface area contributed by atoms with Crippen molar-refractivity contribution >= 4 is 11.6 Å². The SMILES string of the molecule is CC(=O)N1CCC(=NC2CCNCC2)/C(=C(/C)N)C1. The molecule has 2 saturated heterocycles. The fraction of sp³-hybridized carbons (Fsp3) is 0.714. The first kappa shape index (κ1) is 14.1. The third-order valence-corrected chi connectivity index (χ3v) is 3.88. The van der Waals surface area contributed by atoms with Crippen LogP contribution in [-0.2, 0) is 4.79 Å². The van der Waals surface area contributed by atoms with Crippen LogP contribution in [0.3, 0.4) is 0 Å². The minimum Gasteiger partial charge on any atom is -0.402 e. The molecule has 5 heteroatoms. The molecule has 0 aromatic carbocycles. The summed E-state index contributed by atoms with van der Waals surface area (Å²) in [5.41, 5.74) is 8.93. The lowest BCUT2D eigenvalue weighted by Crippen LogP contribution is -2.40. The van der Waals surface area contributed by atoms with Crippen LogP contribution >= 0.6 is 0 Å². The zero-order valence-electron chi connectivity index (χ0n) is 11.9. The van der Waals surface area contributed by atoms with Crippen molar-refractivity contribution in [1.82, 2.24) is 10.2 Å². The van der Waals surface area contributed by atoms with E-state index in [0.29, 0.717) is 12.6 Å². The van der Waals surface area contributed by atoms with Crippen molar-refractivity contribution < 1.29 is 4.79 Å². The highest BCUT2D eigenvalue weighted by Gasteiger charge is 2.24. The number of hydrogen-bond acceptors (Lipinski definition) is 4. The van der Waals surface area contributed by atoms with E-state index in [1.807, 2.05) is 11.8 Å². The second-order valence-corrected chi connectivity index (χ2v) is 5.41. The molecule has 2 rings (SSSR count). The zero-order chi connectivity index (χ0) is 13.8. The van der Waals surface area contributed by atoms with Crippen molar-refractivity contribution in [2.75, 3.05) is 26.2 Å². The summed E-state index contributed by atoms with van der Waals surface area (Å²) in [5.74, 6) is 0.111. The summed E-state index contributed by atoms with van der Waals surface area (Å²) >= 11 is 0. The van der Waals surface area contributed by atoms with E-state index in [1.54, 1.807) is 6.92 Å². The van der Waals surface area contributed by atoms with Gasteiger partial charge in [0.25, 0.3) is 0 Å². The molecule has 1 amide bonds. The van der Waals surface area contributed by atoms with Crippen molar-refractivity contribution in [3.05, 3.63) is 11.3 Å². The number of amides is 1. The van der Waals surface area contributed by atoms with E-state index >= 15 is 0 Å². The van der Waals surface area contributed by atoms with Crippen molar-refractivity contribution in [1.29, 1.82) is 0 Å². The minimum atomic E-state index is 0.111. The van der Waals surface area contributed by atoms with E-state index in [2.05, 4.69) is 5.32 Å². The predicted octanol–water partition coefficient (Wildman–Crippen LogP) is 0.664. The number of likely N-dealkylation sites (tertiary alicyclic amines) is 1. The molecular formula is C14H24N4O. The number of aliphatic imine (C=N–C) groups is 1. The van der Waals surface area contributed by atoms with Crippen LogP contribution in [-0.4, -0.2) is 48.7 Å². The maximum atomic E-state index is 11.5. The van der Waals surface area contributed by atoms with Crippen LogP contribution in [0.25, 0.3) is 0 Å². The monoisotopic (exact) mass is 264 g/mol. The molecule has 19 heavy (non-hydrogen) atoms. The maximum Gasteiger partial charge on any atom is 0.219 e. The Morgan fingerprint density at radius 2 is 2.05 bits per heavy atom. The molecule has 2 fully saturated rings. The lowest BCUT2D eigenvalue weighted by Gasteiger charge is -2.31. The fourth-order valence-electron chi connectivity index (χ4n) is 2.67. The van der Waals surface area contributed by atoms with Gasteiger partial charge in [-0.25, -0.2) is 0 Å². The summed E-state index contributed by atoms with van der Waals surface area (Å²) in [6.07, 6.45) is 3.01. The van der Waals surface area contributed by atoms with Gasteiger partial charge in [0.1, 0.15) is 0 Å². The van der Waals surface area contributed by atoms with Crippen LogP contribution in [0, 0.1) is 0 Å². The van der Waals surface area contributed by atoms with E-state index in [9.17, 15) is 4.79 Å². The van der Waals surface area contributed by atoms with E-state index in [1.165, 1.54) is 0 Å². The summed E-state index contributed by atoms with van der Waals surface area (Å²) in [6.45, 7) is 6.97. The van der Waals surface area contributed by atoms with E-state index in [-0.39, 0.29) is 5.91 Å². The van der Waals surface area contributed by atoms with Gasteiger partial charge in [0, 0.05) is 43.4 Å². The minimum absolute atomic E-state index is 0.111. The molecule has 0 atom stereocenters. The Hall–Kier alpha value is -1.36. The molecule has 2 aliphatic rings. The summed E-state index contributed by atoms with van der Waals surface area (Å²) < 4.78 is 0. The van der Waals surface area contributed by atoms with Crippen LogP contribution in [0.4, 0.5) is 0 Å². The van der Waals surface area contributed by atoms with Crippen LogP contribution in [0.15, 0.2) is 16.3 Å². The van der Waals surface area contributed by atoms with Gasteiger partial charge in [-0.05, 0) is 32.9 Å². The molecule has 0 spiro atoms. The number of nitrogens with zero attached hydrogens (tertiary/aromatic N) is 2. The van der Waals surface area contributed by atoms with Crippen LogP contribution in [0.5, 0.6) is 0 Å². The number of allylic oxidation sites excluding steroid dienone is 1. The first-order chi connectivity index (χ1) is 9.08. The normalized spacial score (nSPS) is 26.6. The molecule has 0 aromatic heterocycles. The first-order valence-corrected chi connectivity index (χ1v) is 7.06. The van der Waals surface area contributed by atoms with Crippen molar-refractivity contribution in [2.24, 2.45) is 10.7 Å².